The molecule has 1 aromatic heterocycles. The number of anilines is 1. The van der Waals surface area contributed by atoms with Crippen molar-refractivity contribution in [1.29, 1.82) is 0 Å². The lowest BCUT2D eigenvalue weighted by Gasteiger charge is -2.27. The fourth-order valence-corrected chi connectivity index (χ4v) is 3.21. The van der Waals surface area contributed by atoms with E-state index in [0.29, 0.717) is 60.5 Å². The molecule has 24 heavy (non-hydrogen) atoms. The first-order valence-corrected chi connectivity index (χ1v) is 8.84. The van der Waals surface area contributed by atoms with Crippen LogP contribution < -0.4 is 10.3 Å². The number of methoxy groups -OCH3 is 1. The third-order valence-electron chi connectivity index (χ3n) is 4.00. The van der Waals surface area contributed by atoms with Gasteiger partial charge in [0.2, 0.25) is 0 Å². The van der Waals surface area contributed by atoms with Crippen molar-refractivity contribution in [1.82, 2.24) is 0 Å². The minimum absolute atomic E-state index is 0.167. The minimum Gasteiger partial charge on any atom is -0.465 e. The summed E-state index contributed by atoms with van der Waals surface area (Å²) < 4.78 is 16.1. The fraction of sp³-hybridized carbons (Fsp3) is 0.412. The maximum atomic E-state index is 12.6. The summed E-state index contributed by atoms with van der Waals surface area (Å²) in [5.74, 6) is 0.0711. The Morgan fingerprint density at radius 3 is 2.71 bits per heavy atom. The standard InChI is InChI=1S/C17H18BrNO5/c1-22-17(21)12-8-11(2-3-18)16-13(9-12)14(20)10-15(24-16)19-4-6-23-7-5-19/h8-10H,2-7H2,1H3. The highest BCUT2D eigenvalue weighted by Gasteiger charge is 2.19. The molecule has 0 bridgehead atoms. The zero-order valence-corrected chi connectivity index (χ0v) is 14.9. The summed E-state index contributed by atoms with van der Waals surface area (Å²) in [5, 5.41) is 1.09. The van der Waals surface area contributed by atoms with Crippen LogP contribution in [0.15, 0.2) is 27.4 Å². The van der Waals surface area contributed by atoms with Crippen LogP contribution in [0.5, 0.6) is 0 Å². The molecule has 0 spiro atoms. The maximum Gasteiger partial charge on any atom is 0.337 e. The molecule has 0 amide bonds. The van der Waals surface area contributed by atoms with Crippen LogP contribution in [0.3, 0.4) is 0 Å². The number of esters is 1. The number of hydrogen-bond donors (Lipinski definition) is 0. The summed E-state index contributed by atoms with van der Waals surface area (Å²) in [6, 6.07) is 4.74. The largest absolute Gasteiger partial charge is 0.465 e. The molecule has 0 saturated carbocycles. The van der Waals surface area contributed by atoms with Gasteiger partial charge < -0.3 is 18.8 Å². The predicted octanol–water partition coefficient (Wildman–Crippen LogP) is 2.35. The van der Waals surface area contributed by atoms with E-state index in [1.54, 1.807) is 6.07 Å². The first kappa shape index (κ1) is 17.0. The first-order chi connectivity index (χ1) is 11.6. The Balaban J connectivity index is 2.16. The normalized spacial score (nSPS) is 14.8. The number of halogens is 1. The number of alkyl halides is 1. The SMILES string of the molecule is COC(=O)c1cc(CCBr)c2oc(N3CCOCC3)cc(=O)c2c1. The van der Waals surface area contributed by atoms with Crippen molar-refractivity contribution in [3.8, 4) is 0 Å². The number of aryl methyl sites for hydroxylation is 1. The summed E-state index contributed by atoms with van der Waals surface area (Å²) >= 11 is 3.40. The number of hydrogen-bond acceptors (Lipinski definition) is 6. The van der Waals surface area contributed by atoms with Gasteiger partial charge in [0, 0.05) is 24.5 Å². The van der Waals surface area contributed by atoms with Gasteiger partial charge >= 0.3 is 5.97 Å². The Labute approximate surface area is 147 Å². The molecule has 0 N–H and O–H groups in total. The van der Waals surface area contributed by atoms with Crippen molar-refractivity contribution in [2.75, 3.05) is 43.6 Å². The van der Waals surface area contributed by atoms with E-state index in [4.69, 9.17) is 13.9 Å². The highest BCUT2D eigenvalue weighted by atomic mass is 79.9. The molecule has 1 aliphatic rings. The second-order valence-corrected chi connectivity index (χ2v) is 6.28. The van der Waals surface area contributed by atoms with Crippen LogP contribution in [0, 0.1) is 0 Å². The van der Waals surface area contributed by atoms with E-state index in [2.05, 4.69) is 15.9 Å². The summed E-state index contributed by atoms with van der Waals surface area (Å²) in [5.41, 5.74) is 1.51. The third kappa shape index (κ3) is 3.32. The molecule has 128 valence electrons. The average molecular weight is 396 g/mol. The van der Waals surface area contributed by atoms with Gasteiger partial charge in [0.1, 0.15) is 5.58 Å². The Morgan fingerprint density at radius 2 is 2.04 bits per heavy atom. The average Bonchev–Trinajstić information content (AvgIpc) is 2.62. The van der Waals surface area contributed by atoms with Crippen LogP contribution in [-0.2, 0) is 15.9 Å². The second-order valence-electron chi connectivity index (χ2n) is 5.49. The number of benzene rings is 1. The summed E-state index contributed by atoms with van der Waals surface area (Å²) in [6.45, 7) is 2.58. The summed E-state index contributed by atoms with van der Waals surface area (Å²) in [4.78, 5) is 26.4. The monoisotopic (exact) mass is 395 g/mol. The van der Waals surface area contributed by atoms with E-state index in [-0.39, 0.29) is 5.43 Å². The van der Waals surface area contributed by atoms with Gasteiger partial charge in [-0.3, -0.25) is 4.79 Å². The first-order valence-electron chi connectivity index (χ1n) is 7.72. The van der Waals surface area contributed by atoms with Gasteiger partial charge in [-0.25, -0.2) is 4.79 Å². The Hall–Kier alpha value is -1.86. The molecule has 0 radical (unpaired) electrons. The van der Waals surface area contributed by atoms with E-state index >= 15 is 0 Å². The molecular formula is C17H18BrNO5. The van der Waals surface area contributed by atoms with Crippen LogP contribution in [0.2, 0.25) is 0 Å². The Morgan fingerprint density at radius 1 is 1.29 bits per heavy atom. The van der Waals surface area contributed by atoms with Gasteiger partial charge in [0.25, 0.3) is 0 Å². The van der Waals surface area contributed by atoms with Crippen molar-refractivity contribution >= 4 is 38.8 Å². The smallest absolute Gasteiger partial charge is 0.337 e. The number of carbonyl (C=O) groups is 1. The highest BCUT2D eigenvalue weighted by molar-refractivity contribution is 9.09. The van der Waals surface area contributed by atoms with Gasteiger partial charge in [0.05, 0.1) is 31.3 Å². The summed E-state index contributed by atoms with van der Waals surface area (Å²) in [6.07, 6.45) is 0.636. The second kappa shape index (κ2) is 7.36. The van der Waals surface area contributed by atoms with Gasteiger partial charge in [-0.05, 0) is 24.1 Å². The topological polar surface area (TPSA) is 69.0 Å². The molecule has 6 nitrogen and oxygen atoms in total. The van der Waals surface area contributed by atoms with Crippen LogP contribution in [-0.4, -0.2) is 44.7 Å². The Kier molecular flexibility index (Phi) is 5.20. The number of nitrogens with zero attached hydrogens (tertiary/aromatic N) is 1. The molecule has 0 aliphatic carbocycles. The van der Waals surface area contributed by atoms with E-state index < -0.39 is 5.97 Å². The zero-order chi connectivity index (χ0) is 17.1. The van der Waals surface area contributed by atoms with Crippen molar-refractivity contribution < 1.29 is 18.7 Å². The fourth-order valence-electron chi connectivity index (χ4n) is 2.78. The number of fused-ring (bicyclic) bond motifs is 1. The molecule has 1 saturated heterocycles. The zero-order valence-electron chi connectivity index (χ0n) is 13.3. The molecule has 1 aliphatic heterocycles. The number of carbonyl (C=O) groups excluding carboxylic acids is 1. The van der Waals surface area contributed by atoms with Gasteiger partial charge in [-0.15, -0.1) is 0 Å². The molecular weight excluding hydrogens is 378 g/mol. The van der Waals surface area contributed by atoms with Gasteiger partial charge in [-0.2, -0.15) is 0 Å². The molecule has 2 heterocycles. The van der Waals surface area contributed by atoms with Crippen LogP contribution in [0.4, 0.5) is 5.88 Å². The van der Waals surface area contributed by atoms with Crippen LogP contribution in [0.1, 0.15) is 15.9 Å². The molecule has 3 rings (SSSR count). The summed E-state index contributed by atoms with van der Waals surface area (Å²) in [7, 11) is 1.32. The molecule has 2 aromatic rings. The van der Waals surface area contributed by atoms with Crippen molar-refractivity contribution in [2.45, 2.75) is 6.42 Å². The third-order valence-corrected chi connectivity index (χ3v) is 4.40. The van der Waals surface area contributed by atoms with Crippen LogP contribution >= 0.6 is 15.9 Å². The lowest BCUT2D eigenvalue weighted by Crippen LogP contribution is -2.36. The molecule has 0 unspecified atom stereocenters. The molecule has 0 atom stereocenters. The van der Waals surface area contributed by atoms with E-state index in [0.717, 1.165) is 5.56 Å². The number of ether oxygens (including phenoxy) is 2. The Bertz CT molecular complexity index is 810. The van der Waals surface area contributed by atoms with E-state index in [1.807, 2.05) is 4.90 Å². The van der Waals surface area contributed by atoms with Crippen molar-refractivity contribution in [3.05, 3.63) is 39.5 Å². The lowest BCUT2D eigenvalue weighted by atomic mass is 10.0. The van der Waals surface area contributed by atoms with E-state index in [9.17, 15) is 9.59 Å². The van der Waals surface area contributed by atoms with E-state index in [1.165, 1.54) is 19.2 Å². The van der Waals surface area contributed by atoms with Gasteiger partial charge in [0.15, 0.2) is 11.3 Å². The highest BCUT2D eigenvalue weighted by Crippen LogP contribution is 2.25. The predicted molar refractivity (Wildman–Crippen MR) is 94.4 cm³/mol. The number of morpholine rings is 1. The quantitative estimate of drug-likeness (QED) is 0.584. The maximum absolute atomic E-state index is 12.6. The van der Waals surface area contributed by atoms with Crippen LogP contribution in [0.25, 0.3) is 11.0 Å². The molecule has 7 heteroatoms. The minimum atomic E-state index is -0.468. The van der Waals surface area contributed by atoms with Crippen molar-refractivity contribution in [3.63, 3.8) is 0 Å². The number of rotatable bonds is 4. The van der Waals surface area contributed by atoms with Gasteiger partial charge in [-0.1, -0.05) is 15.9 Å². The molecule has 1 fully saturated rings. The molecule has 1 aromatic carbocycles. The van der Waals surface area contributed by atoms with Crippen molar-refractivity contribution in [2.24, 2.45) is 0 Å². The lowest BCUT2D eigenvalue weighted by molar-refractivity contribution is 0.0601.